The van der Waals surface area contributed by atoms with Crippen LogP contribution in [0.1, 0.15) is 30.6 Å². The van der Waals surface area contributed by atoms with E-state index in [1.54, 1.807) is 23.9 Å². The van der Waals surface area contributed by atoms with Crippen molar-refractivity contribution in [1.82, 2.24) is 9.62 Å². The molecule has 30 heavy (non-hydrogen) atoms. The third kappa shape index (κ3) is 6.07. The molecule has 162 valence electrons. The number of nitrogens with one attached hydrogen (secondary N) is 1. The molecule has 1 heterocycles. The minimum atomic E-state index is -3.60. The number of carbonyl (C=O) groups excluding carboxylic acids is 1. The molecular weight excluding hydrogens is 420 g/mol. The third-order valence-corrected chi connectivity index (χ3v) is 7.70. The van der Waals surface area contributed by atoms with E-state index < -0.39 is 10.0 Å². The number of hydrogen-bond donors (Lipinski definition) is 1. The minimum absolute atomic E-state index is 0.145. The van der Waals surface area contributed by atoms with Gasteiger partial charge in [0, 0.05) is 30.1 Å². The van der Waals surface area contributed by atoms with Gasteiger partial charge in [-0.1, -0.05) is 18.2 Å². The summed E-state index contributed by atoms with van der Waals surface area (Å²) < 4.78 is 32.8. The monoisotopic (exact) mass is 448 g/mol. The second-order valence-corrected chi connectivity index (χ2v) is 10.5. The van der Waals surface area contributed by atoms with Crippen molar-refractivity contribution in [2.24, 2.45) is 0 Å². The lowest BCUT2D eigenvalue weighted by molar-refractivity contribution is -0.0440. The normalized spacial score (nSPS) is 20.1. The molecule has 1 fully saturated rings. The zero-order chi connectivity index (χ0) is 21.6. The summed E-state index contributed by atoms with van der Waals surface area (Å²) in [6.07, 6.45) is 0.563. The highest BCUT2D eigenvalue weighted by atomic mass is 32.2. The Morgan fingerprint density at radius 1 is 1.07 bits per heavy atom. The highest BCUT2D eigenvalue weighted by Crippen LogP contribution is 2.21. The second kappa shape index (κ2) is 10.4. The molecule has 1 amide bonds. The number of nitrogens with zero attached hydrogens (tertiary/aromatic N) is 1. The maximum atomic E-state index is 12.9. The summed E-state index contributed by atoms with van der Waals surface area (Å²) >= 11 is 1.75. The van der Waals surface area contributed by atoms with E-state index in [2.05, 4.69) is 17.4 Å². The first kappa shape index (κ1) is 22.8. The average Bonchev–Trinajstić information content (AvgIpc) is 2.73. The van der Waals surface area contributed by atoms with Crippen molar-refractivity contribution in [3.05, 3.63) is 60.2 Å². The topological polar surface area (TPSA) is 75.7 Å². The number of rotatable bonds is 8. The van der Waals surface area contributed by atoms with Crippen molar-refractivity contribution < 1.29 is 17.9 Å². The van der Waals surface area contributed by atoms with Gasteiger partial charge >= 0.3 is 0 Å². The highest BCUT2D eigenvalue weighted by Gasteiger charge is 2.32. The Morgan fingerprint density at radius 2 is 1.70 bits per heavy atom. The number of carbonyl (C=O) groups is 1. The number of amides is 1. The fraction of sp³-hybridized carbons (Fsp3) is 0.409. The molecule has 6 nitrogen and oxygen atoms in total. The number of sulfonamides is 1. The fourth-order valence-corrected chi connectivity index (χ4v) is 5.80. The lowest BCUT2D eigenvalue weighted by Crippen LogP contribution is -2.48. The van der Waals surface area contributed by atoms with Crippen LogP contribution in [-0.4, -0.2) is 56.2 Å². The van der Waals surface area contributed by atoms with Crippen molar-refractivity contribution in [2.45, 2.75) is 42.3 Å². The summed E-state index contributed by atoms with van der Waals surface area (Å²) in [5.74, 6) is 0.718. The predicted octanol–water partition coefficient (Wildman–Crippen LogP) is 3.40. The molecule has 0 radical (unpaired) electrons. The smallest absolute Gasteiger partial charge is 0.251 e. The second-order valence-electron chi connectivity index (χ2n) is 7.37. The molecule has 1 aliphatic heterocycles. The van der Waals surface area contributed by atoms with Gasteiger partial charge in [0.25, 0.3) is 5.91 Å². The molecule has 2 aromatic rings. The van der Waals surface area contributed by atoms with Gasteiger partial charge in [0.2, 0.25) is 10.0 Å². The number of thioether (sulfide) groups is 1. The van der Waals surface area contributed by atoms with Crippen LogP contribution in [0.15, 0.2) is 64.4 Å². The van der Waals surface area contributed by atoms with E-state index in [9.17, 15) is 13.2 Å². The van der Waals surface area contributed by atoms with Crippen molar-refractivity contribution >= 4 is 27.7 Å². The van der Waals surface area contributed by atoms with Gasteiger partial charge < -0.3 is 10.1 Å². The van der Waals surface area contributed by atoms with Crippen LogP contribution in [0.25, 0.3) is 0 Å². The first-order valence-electron chi connectivity index (χ1n) is 10.1. The van der Waals surface area contributed by atoms with E-state index in [1.165, 1.54) is 21.3 Å². The summed E-state index contributed by atoms with van der Waals surface area (Å²) in [4.78, 5) is 13.7. The van der Waals surface area contributed by atoms with Crippen LogP contribution in [-0.2, 0) is 14.8 Å². The van der Waals surface area contributed by atoms with Gasteiger partial charge in [-0.25, -0.2) is 8.42 Å². The van der Waals surface area contributed by atoms with E-state index in [0.29, 0.717) is 25.2 Å². The molecule has 1 N–H and O–H groups in total. The van der Waals surface area contributed by atoms with Crippen molar-refractivity contribution in [3.63, 3.8) is 0 Å². The average molecular weight is 449 g/mol. The van der Waals surface area contributed by atoms with E-state index >= 15 is 0 Å². The highest BCUT2D eigenvalue weighted by molar-refractivity contribution is 7.99. The zero-order valence-corrected chi connectivity index (χ0v) is 18.9. The number of hydrogen-bond acceptors (Lipinski definition) is 5. The summed E-state index contributed by atoms with van der Waals surface area (Å²) in [7, 11) is -3.60. The molecule has 2 aromatic carbocycles. The van der Waals surface area contributed by atoms with Gasteiger partial charge in [0.15, 0.2) is 0 Å². The van der Waals surface area contributed by atoms with Crippen LogP contribution in [0.4, 0.5) is 0 Å². The van der Waals surface area contributed by atoms with Gasteiger partial charge in [-0.05, 0) is 62.4 Å². The maximum Gasteiger partial charge on any atom is 0.251 e. The SMILES string of the molecule is C[C@H]1CN(S(=O)(=O)c2ccc(C(=O)NCCCSc3ccccc3)cc2)C[C@H](C)O1. The first-order chi connectivity index (χ1) is 14.4. The van der Waals surface area contributed by atoms with Crippen LogP contribution in [0, 0.1) is 0 Å². The predicted molar refractivity (Wildman–Crippen MR) is 119 cm³/mol. The number of ether oxygens (including phenoxy) is 1. The fourth-order valence-electron chi connectivity index (χ4n) is 3.34. The van der Waals surface area contributed by atoms with Gasteiger partial charge in [-0.15, -0.1) is 11.8 Å². The summed E-state index contributed by atoms with van der Waals surface area (Å²) in [6, 6.07) is 16.3. The summed E-state index contributed by atoms with van der Waals surface area (Å²) in [5, 5.41) is 2.89. The quantitative estimate of drug-likeness (QED) is 0.495. The van der Waals surface area contributed by atoms with Crippen LogP contribution < -0.4 is 5.32 Å². The van der Waals surface area contributed by atoms with Crippen LogP contribution in [0.5, 0.6) is 0 Å². The van der Waals surface area contributed by atoms with E-state index in [1.807, 2.05) is 32.0 Å². The molecule has 0 aromatic heterocycles. The van der Waals surface area contributed by atoms with E-state index in [4.69, 9.17) is 4.74 Å². The van der Waals surface area contributed by atoms with E-state index in [-0.39, 0.29) is 23.0 Å². The largest absolute Gasteiger partial charge is 0.373 e. The lowest BCUT2D eigenvalue weighted by atomic mass is 10.2. The van der Waals surface area contributed by atoms with Gasteiger partial charge in [-0.3, -0.25) is 4.79 Å². The van der Waals surface area contributed by atoms with Gasteiger partial charge in [0.1, 0.15) is 0 Å². The van der Waals surface area contributed by atoms with Crippen LogP contribution >= 0.6 is 11.8 Å². The Balaban J connectivity index is 1.50. The molecular formula is C22H28N2O4S2. The molecule has 8 heteroatoms. The first-order valence-corrected chi connectivity index (χ1v) is 12.5. The van der Waals surface area contributed by atoms with Crippen molar-refractivity contribution in [1.29, 1.82) is 0 Å². The standard InChI is InChI=1S/C22H28N2O4S2/c1-17-15-24(16-18(2)28-17)30(26,27)21-11-9-19(10-12-21)22(25)23-13-6-14-29-20-7-4-3-5-8-20/h3-5,7-12,17-18H,6,13-16H2,1-2H3,(H,23,25)/t17-,18-/m0/s1. The summed E-state index contributed by atoms with van der Waals surface area (Å²) in [6.45, 7) is 4.96. The van der Waals surface area contributed by atoms with Crippen LogP contribution in [0.2, 0.25) is 0 Å². The minimum Gasteiger partial charge on any atom is -0.373 e. The Bertz CT molecular complexity index is 923. The Labute approximate surface area is 183 Å². The Hall–Kier alpha value is -1.87. The van der Waals surface area contributed by atoms with E-state index in [0.717, 1.165) is 12.2 Å². The zero-order valence-electron chi connectivity index (χ0n) is 17.3. The molecule has 2 atom stereocenters. The molecule has 0 aliphatic carbocycles. The Kier molecular flexibility index (Phi) is 7.93. The number of benzene rings is 2. The molecule has 3 rings (SSSR count). The molecule has 1 aliphatic rings. The van der Waals surface area contributed by atoms with Gasteiger partial charge in [0.05, 0.1) is 17.1 Å². The molecule has 0 unspecified atom stereocenters. The molecule has 0 saturated carbocycles. The number of morpholine rings is 1. The maximum absolute atomic E-state index is 12.9. The summed E-state index contributed by atoms with van der Waals surface area (Å²) in [5.41, 5.74) is 0.452. The molecule has 0 spiro atoms. The third-order valence-electron chi connectivity index (χ3n) is 4.76. The molecule has 1 saturated heterocycles. The van der Waals surface area contributed by atoms with Crippen molar-refractivity contribution in [2.75, 3.05) is 25.4 Å². The van der Waals surface area contributed by atoms with Gasteiger partial charge in [-0.2, -0.15) is 4.31 Å². The molecule has 0 bridgehead atoms. The van der Waals surface area contributed by atoms with Crippen molar-refractivity contribution in [3.8, 4) is 0 Å². The Morgan fingerprint density at radius 3 is 2.33 bits per heavy atom. The van der Waals surface area contributed by atoms with Crippen LogP contribution in [0.3, 0.4) is 0 Å². The lowest BCUT2D eigenvalue weighted by Gasteiger charge is -2.34.